The van der Waals surface area contributed by atoms with E-state index >= 15 is 9.59 Å². The lowest BCUT2D eigenvalue weighted by molar-refractivity contribution is -0.346. The largest absolute Gasteiger partial charge is 0.455 e. The Hall–Kier alpha value is -6.31. The van der Waals surface area contributed by atoms with Crippen LogP contribution in [0.15, 0.2) is 102 Å². The van der Waals surface area contributed by atoms with Gasteiger partial charge in [0.1, 0.15) is 36.6 Å². The van der Waals surface area contributed by atoms with Gasteiger partial charge in [-0.3, -0.25) is 19.2 Å². The molecule has 3 fully saturated rings. The first-order valence-corrected chi connectivity index (χ1v) is 22.6. The molecule has 1 heterocycles. The summed E-state index contributed by atoms with van der Waals surface area (Å²) in [6, 6.07) is 22.5. The summed E-state index contributed by atoms with van der Waals surface area (Å²) in [5.41, 5.74) is -7.56. The second-order valence-corrected chi connectivity index (χ2v) is 18.6. The minimum atomic E-state index is -2.47. The molecule has 1 amide bonds. The smallest absolute Gasteiger partial charge is 0.350 e. The number of Topliss-reactive ketones (excluding diaryl/α,β-unsaturated/α-hetero) is 1. The molecule has 0 aromatic heterocycles. The Labute approximate surface area is 398 Å². The number of aliphatic hydroxyl groups excluding tert-OH is 2. The average molecular weight is 956 g/mol. The van der Waals surface area contributed by atoms with Crippen LogP contribution in [0.1, 0.15) is 86.7 Å². The first-order valence-electron chi connectivity index (χ1n) is 22.6. The number of carbonyl (C=O) groups excluding carboxylic acids is 7. The number of rotatable bonds is 15. The van der Waals surface area contributed by atoms with Gasteiger partial charge >= 0.3 is 29.8 Å². The Bertz CT molecular complexity index is 2480. The van der Waals surface area contributed by atoms with Gasteiger partial charge in [-0.25, -0.2) is 14.4 Å². The van der Waals surface area contributed by atoms with Gasteiger partial charge in [-0.05, 0) is 54.8 Å². The fourth-order valence-corrected chi connectivity index (χ4v) is 10.7. The van der Waals surface area contributed by atoms with Crippen LogP contribution < -0.4 is 5.32 Å². The van der Waals surface area contributed by atoms with Crippen LogP contribution in [-0.4, -0.2) is 131 Å². The number of ketones is 1. The van der Waals surface area contributed by atoms with E-state index in [4.69, 9.17) is 33.2 Å². The first kappa shape index (κ1) is 50.6. The van der Waals surface area contributed by atoms with Crippen LogP contribution in [0.5, 0.6) is 0 Å². The molecule has 0 radical (unpaired) electrons. The summed E-state index contributed by atoms with van der Waals surface area (Å²) >= 11 is 0. The zero-order valence-corrected chi connectivity index (χ0v) is 39.1. The normalized spacial score (nSPS) is 29.7. The summed E-state index contributed by atoms with van der Waals surface area (Å²) in [6.45, 7) is 6.39. The van der Waals surface area contributed by atoms with Crippen LogP contribution in [-0.2, 0) is 57.1 Å². The highest BCUT2D eigenvalue weighted by molar-refractivity contribution is 5.96. The summed E-state index contributed by atoms with van der Waals surface area (Å²) in [5.74, 6) is -8.22. The molecule has 7 rings (SSSR count). The minimum Gasteiger partial charge on any atom is -0.455 e. The van der Waals surface area contributed by atoms with E-state index in [9.17, 15) is 39.3 Å². The molecule has 18 heteroatoms. The minimum absolute atomic E-state index is 0.0361. The van der Waals surface area contributed by atoms with Crippen LogP contribution >= 0.6 is 0 Å². The van der Waals surface area contributed by atoms with E-state index in [1.165, 1.54) is 52.0 Å². The summed E-state index contributed by atoms with van der Waals surface area (Å²) in [7, 11) is 0. The lowest BCUT2D eigenvalue weighted by atomic mass is 9.44. The molecule has 11 atom stereocenters. The van der Waals surface area contributed by atoms with Crippen molar-refractivity contribution in [2.24, 2.45) is 16.7 Å². The van der Waals surface area contributed by atoms with Gasteiger partial charge in [-0.15, -0.1) is 0 Å². The Morgan fingerprint density at radius 1 is 0.841 bits per heavy atom. The molecule has 2 bridgehead atoms. The second kappa shape index (κ2) is 20.0. The number of carbonyl (C=O) groups is 7. The molecule has 18 nitrogen and oxygen atoms in total. The quantitative estimate of drug-likeness (QED) is 0.0738. The molecule has 69 heavy (non-hydrogen) atoms. The van der Waals surface area contributed by atoms with Crippen molar-refractivity contribution >= 4 is 41.5 Å². The summed E-state index contributed by atoms with van der Waals surface area (Å²) in [6.07, 6.45) is -10.9. The van der Waals surface area contributed by atoms with Gasteiger partial charge in [0.15, 0.2) is 17.5 Å². The van der Waals surface area contributed by atoms with Crippen LogP contribution in [0, 0.1) is 16.7 Å². The predicted molar refractivity (Wildman–Crippen MR) is 239 cm³/mol. The average Bonchev–Trinajstić information content (AvgIpc) is 3.31. The zero-order valence-electron chi connectivity index (χ0n) is 39.1. The van der Waals surface area contributed by atoms with E-state index in [1.54, 1.807) is 66.7 Å². The number of fused-ring (bicyclic) bond motifs is 5. The van der Waals surface area contributed by atoms with E-state index in [0.29, 0.717) is 5.56 Å². The maximum atomic E-state index is 15.7. The van der Waals surface area contributed by atoms with Gasteiger partial charge < -0.3 is 53.8 Å². The van der Waals surface area contributed by atoms with Crippen molar-refractivity contribution in [3.63, 3.8) is 0 Å². The van der Waals surface area contributed by atoms with Crippen LogP contribution in [0.2, 0.25) is 0 Å². The second-order valence-electron chi connectivity index (χ2n) is 18.6. The Balaban J connectivity index is 1.42. The van der Waals surface area contributed by atoms with Crippen molar-refractivity contribution in [3.8, 4) is 0 Å². The lowest BCUT2D eigenvalue weighted by Gasteiger charge is -2.67. The van der Waals surface area contributed by atoms with Gasteiger partial charge in [0, 0.05) is 37.7 Å². The van der Waals surface area contributed by atoms with Gasteiger partial charge in [-0.2, -0.15) is 0 Å². The number of hydrogen-bond acceptors (Lipinski definition) is 17. The first-order chi connectivity index (χ1) is 32.7. The molecular weight excluding hydrogens is 899 g/mol. The fourth-order valence-electron chi connectivity index (χ4n) is 10.7. The Morgan fingerprint density at radius 3 is 2.01 bits per heavy atom. The monoisotopic (exact) mass is 955 g/mol. The maximum Gasteiger partial charge on any atom is 0.350 e. The molecule has 0 unspecified atom stereocenters. The van der Waals surface area contributed by atoms with Gasteiger partial charge in [0.05, 0.1) is 42.8 Å². The molecule has 2 saturated carbocycles. The molecule has 3 aliphatic carbocycles. The highest BCUT2D eigenvalue weighted by Gasteiger charge is 2.78. The third-order valence-electron chi connectivity index (χ3n) is 14.2. The van der Waals surface area contributed by atoms with Crippen LogP contribution in [0.25, 0.3) is 0 Å². The predicted octanol–water partition coefficient (Wildman–Crippen LogP) is 3.30. The highest BCUT2D eigenvalue weighted by Crippen LogP contribution is 2.64. The van der Waals surface area contributed by atoms with Gasteiger partial charge in [0.2, 0.25) is 6.10 Å². The zero-order chi connectivity index (χ0) is 50.1. The standard InChI is InChI=1S/C51H57NO17/c1-28-34(66-47(61)41(67-37(57)26-63-23-22-53)39(31-16-10-7-11-17-31)52-45(59)32-18-12-8-13-19-32)25-51(62)44(68-46(60)33-20-14-9-15-21-33)42-49(6,35(56)24-36-50(42,27-64-36)69-30(3)55)43(58)40(65-29(2)54)38(28)48(51,4)5/h7-21,34-36,39-42,44,53,56,62H,22-27H2,1-6H3,(H,52,59)/t34-,35-,36+,39-,40+,41+,42-,44-,49+,50-,51+/m0/s1. The number of esters is 5. The highest BCUT2D eigenvalue weighted by atomic mass is 16.6. The van der Waals surface area contributed by atoms with E-state index < -0.39 is 132 Å². The molecule has 1 aliphatic heterocycles. The maximum absolute atomic E-state index is 15.7. The third kappa shape index (κ3) is 9.31. The van der Waals surface area contributed by atoms with E-state index in [-0.39, 0.29) is 41.9 Å². The summed E-state index contributed by atoms with van der Waals surface area (Å²) < 4.78 is 41.6. The molecule has 1 saturated heterocycles. The number of aliphatic hydroxyl groups is 3. The Morgan fingerprint density at radius 2 is 1.45 bits per heavy atom. The number of ether oxygens (including phenoxy) is 7. The molecule has 4 N–H and O–H groups in total. The molecule has 368 valence electrons. The van der Waals surface area contributed by atoms with Crippen LogP contribution in [0.4, 0.5) is 0 Å². The molecule has 4 aliphatic rings. The van der Waals surface area contributed by atoms with Gasteiger partial charge in [-0.1, -0.05) is 80.6 Å². The molecule has 0 spiro atoms. The number of benzene rings is 3. The van der Waals surface area contributed by atoms with Gasteiger partial charge in [0.25, 0.3) is 5.91 Å². The van der Waals surface area contributed by atoms with Crippen molar-refractivity contribution in [1.29, 1.82) is 0 Å². The van der Waals surface area contributed by atoms with E-state index in [0.717, 1.165) is 13.8 Å². The van der Waals surface area contributed by atoms with E-state index in [1.807, 2.05) is 0 Å². The number of amides is 1. The fraction of sp³-hybridized carbons (Fsp3) is 0.471. The molecular formula is C51H57NO17. The SMILES string of the molecule is CC(=O)O[C@H]1C(=O)[C@@]2(C)[C@H]([C@H](OC(=O)c3ccccc3)[C@]3(O)C[C@H](OC(=O)[C@H](OC(=O)COCCO)[C@@H](NC(=O)c4ccccc4)c4ccccc4)C(C)=C1C3(C)C)[C@]1(OC(C)=O)CO[C@@H]1C[C@@H]2O. The van der Waals surface area contributed by atoms with Crippen molar-refractivity contribution < 1.29 is 82.0 Å². The van der Waals surface area contributed by atoms with E-state index in [2.05, 4.69) is 5.32 Å². The van der Waals surface area contributed by atoms with Crippen molar-refractivity contribution in [3.05, 3.63) is 119 Å². The van der Waals surface area contributed by atoms with Crippen molar-refractivity contribution in [2.75, 3.05) is 26.4 Å². The van der Waals surface area contributed by atoms with Crippen molar-refractivity contribution in [2.45, 2.75) is 108 Å². The Kier molecular flexibility index (Phi) is 14.6. The summed E-state index contributed by atoms with van der Waals surface area (Å²) in [5, 5.41) is 38.1. The number of nitrogens with one attached hydrogen (secondary N) is 1. The molecule has 3 aromatic rings. The third-order valence-corrected chi connectivity index (χ3v) is 14.2. The van der Waals surface area contributed by atoms with Crippen LogP contribution in [0.3, 0.4) is 0 Å². The molecule has 3 aromatic carbocycles. The number of hydrogen-bond donors (Lipinski definition) is 4. The topological polar surface area (TPSA) is 257 Å². The van der Waals surface area contributed by atoms with Crippen molar-refractivity contribution in [1.82, 2.24) is 5.32 Å². The lowest BCUT2D eigenvalue weighted by Crippen LogP contribution is -2.82. The summed E-state index contributed by atoms with van der Waals surface area (Å²) in [4.78, 5) is 98.7.